The molecule has 0 amide bonds. The van der Waals surface area contributed by atoms with Crippen LogP contribution in [0.3, 0.4) is 0 Å². The summed E-state index contributed by atoms with van der Waals surface area (Å²) >= 11 is 5.89. The molecule has 124 valence electrons. The maximum Gasteiger partial charge on any atom is 0.323 e. The molecule has 0 radical (unpaired) electrons. The number of Topliss-reactive ketones (excluding diaryl/α,β-unsaturated/α-hetero) is 1. The molecule has 1 aromatic carbocycles. The number of nitrogens with zero attached hydrogens (tertiary/aromatic N) is 1. The highest BCUT2D eigenvalue weighted by Crippen LogP contribution is 2.31. The Hall–Kier alpha value is -2.58. The number of furan rings is 1. The predicted octanol–water partition coefficient (Wildman–Crippen LogP) is 3.99. The van der Waals surface area contributed by atoms with E-state index in [9.17, 15) is 14.9 Å². The van der Waals surface area contributed by atoms with Crippen LogP contribution in [0, 0.1) is 17.2 Å². The van der Waals surface area contributed by atoms with Crippen LogP contribution in [-0.2, 0) is 9.53 Å². The van der Waals surface area contributed by atoms with Gasteiger partial charge in [0.15, 0.2) is 17.5 Å². The van der Waals surface area contributed by atoms with E-state index in [0.29, 0.717) is 10.6 Å². The van der Waals surface area contributed by atoms with E-state index >= 15 is 0 Å². The molecule has 0 aliphatic carbocycles. The summed E-state index contributed by atoms with van der Waals surface area (Å²) < 4.78 is 10.1. The van der Waals surface area contributed by atoms with Crippen LogP contribution in [-0.4, -0.2) is 18.4 Å². The lowest BCUT2D eigenvalue weighted by atomic mass is 9.82. The SMILES string of the molecule is CCOC(=O)[C@H](C#N)[C@H](CC(=O)c1ccco1)c1ccc(Cl)cc1. The maximum absolute atomic E-state index is 12.4. The van der Waals surface area contributed by atoms with Gasteiger partial charge in [0.1, 0.15) is 0 Å². The molecule has 5 nitrogen and oxygen atoms in total. The molecule has 0 unspecified atom stereocenters. The number of hydrogen-bond donors (Lipinski definition) is 0. The zero-order valence-corrected chi connectivity index (χ0v) is 13.8. The first-order valence-corrected chi connectivity index (χ1v) is 7.83. The normalized spacial score (nSPS) is 12.9. The van der Waals surface area contributed by atoms with Gasteiger partial charge >= 0.3 is 5.97 Å². The fourth-order valence-electron chi connectivity index (χ4n) is 2.41. The van der Waals surface area contributed by atoms with E-state index in [1.165, 1.54) is 6.26 Å². The van der Waals surface area contributed by atoms with Crippen molar-refractivity contribution < 1.29 is 18.7 Å². The molecule has 2 rings (SSSR count). The number of ketones is 1. The van der Waals surface area contributed by atoms with Crippen LogP contribution in [0.4, 0.5) is 0 Å². The van der Waals surface area contributed by atoms with E-state index in [2.05, 4.69) is 0 Å². The standard InChI is InChI=1S/C18H16ClNO4/c1-2-23-18(22)15(11-20)14(12-5-7-13(19)8-6-12)10-16(21)17-4-3-9-24-17/h3-9,14-15H,2,10H2,1H3/t14-,15-/m1/s1. The van der Waals surface area contributed by atoms with Crippen molar-refractivity contribution in [3.05, 3.63) is 59.0 Å². The van der Waals surface area contributed by atoms with Crippen molar-refractivity contribution in [1.29, 1.82) is 5.26 Å². The maximum atomic E-state index is 12.4. The van der Waals surface area contributed by atoms with Gasteiger partial charge in [-0.2, -0.15) is 5.26 Å². The van der Waals surface area contributed by atoms with Crippen LogP contribution in [0.2, 0.25) is 5.02 Å². The van der Waals surface area contributed by atoms with Gasteiger partial charge in [-0.05, 0) is 36.8 Å². The van der Waals surface area contributed by atoms with Crippen molar-refractivity contribution in [3.63, 3.8) is 0 Å². The van der Waals surface area contributed by atoms with E-state index in [1.807, 2.05) is 6.07 Å². The van der Waals surface area contributed by atoms with Crippen molar-refractivity contribution >= 4 is 23.4 Å². The minimum atomic E-state index is -1.09. The fourth-order valence-corrected chi connectivity index (χ4v) is 2.54. The Labute approximate surface area is 144 Å². The third-order valence-electron chi connectivity index (χ3n) is 3.58. The van der Waals surface area contributed by atoms with Gasteiger partial charge in [-0.1, -0.05) is 23.7 Å². The molecule has 6 heteroatoms. The van der Waals surface area contributed by atoms with Gasteiger partial charge in [-0.25, -0.2) is 0 Å². The van der Waals surface area contributed by atoms with Crippen LogP contribution < -0.4 is 0 Å². The number of ether oxygens (including phenoxy) is 1. The molecule has 0 aliphatic rings. The van der Waals surface area contributed by atoms with Crippen molar-refractivity contribution in [2.75, 3.05) is 6.61 Å². The molecular weight excluding hydrogens is 330 g/mol. The number of nitriles is 1. The Morgan fingerprint density at radius 1 is 1.29 bits per heavy atom. The largest absolute Gasteiger partial charge is 0.465 e. The number of esters is 1. The Kier molecular flexibility index (Phi) is 6.16. The Morgan fingerprint density at radius 3 is 2.54 bits per heavy atom. The van der Waals surface area contributed by atoms with Gasteiger partial charge in [0, 0.05) is 17.4 Å². The van der Waals surface area contributed by atoms with E-state index in [4.69, 9.17) is 20.8 Å². The summed E-state index contributed by atoms with van der Waals surface area (Å²) in [6, 6.07) is 11.8. The lowest BCUT2D eigenvalue weighted by Gasteiger charge is -2.20. The molecule has 1 heterocycles. The number of benzene rings is 1. The fraction of sp³-hybridized carbons (Fsp3) is 0.278. The third-order valence-corrected chi connectivity index (χ3v) is 3.83. The van der Waals surface area contributed by atoms with Crippen LogP contribution in [0.25, 0.3) is 0 Å². The second kappa shape index (κ2) is 8.32. The second-order valence-electron chi connectivity index (χ2n) is 5.12. The van der Waals surface area contributed by atoms with Crippen LogP contribution in [0.1, 0.15) is 35.4 Å². The summed E-state index contributed by atoms with van der Waals surface area (Å²) in [4.78, 5) is 24.5. The summed E-state index contributed by atoms with van der Waals surface area (Å²) in [6.07, 6.45) is 1.35. The summed E-state index contributed by atoms with van der Waals surface area (Å²) in [5.74, 6) is -2.49. The molecule has 2 aromatic rings. The van der Waals surface area contributed by atoms with Gasteiger partial charge in [0.25, 0.3) is 0 Å². The highest BCUT2D eigenvalue weighted by atomic mass is 35.5. The van der Waals surface area contributed by atoms with Gasteiger partial charge in [0.2, 0.25) is 0 Å². The molecule has 0 N–H and O–H groups in total. The van der Waals surface area contributed by atoms with Crippen molar-refractivity contribution in [1.82, 2.24) is 0 Å². The molecule has 0 saturated carbocycles. The minimum Gasteiger partial charge on any atom is -0.465 e. The number of halogens is 1. The van der Waals surface area contributed by atoms with Crippen LogP contribution >= 0.6 is 11.6 Å². The Morgan fingerprint density at radius 2 is 2.00 bits per heavy atom. The molecule has 0 bridgehead atoms. The molecule has 0 saturated heterocycles. The molecule has 1 aromatic heterocycles. The lowest BCUT2D eigenvalue weighted by molar-refractivity contribution is -0.146. The van der Waals surface area contributed by atoms with Gasteiger partial charge < -0.3 is 9.15 Å². The highest BCUT2D eigenvalue weighted by molar-refractivity contribution is 6.30. The Bertz CT molecular complexity index is 731. The first-order valence-electron chi connectivity index (χ1n) is 7.45. The van der Waals surface area contributed by atoms with Crippen LogP contribution in [0.5, 0.6) is 0 Å². The summed E-state index contributed by atoms with van der Waals surface area (Å²) in [5.41, 5.74) is 0.666. The number of carbonyl (C=O) groups is 2. The minimum absolute atomic E-state index is 0.0494. The average molecular weight is 346 g/mol. The molecule has 0 fully saturated rings. The molecular formula is C18H16ClNO4. The molecule has 2 atom stereocenters. The second-order valence-corrected chi connectivity index (χ2v) is 5.56. The van der Waals surface area contributed by atoms with Gasteiger partial charge in [0.05, 0.1) is 18.9 Å². The van der Waals surface area contributed by atoms with Crippen molar-refractivity contribution in [2.24, 2.45) is 5.92 Å². The first-order chi connectivity index (χ1) is 11.6. The van der Waals surface area contributed by atoms with Gasteiger partial charge in [-0.15, -0.1) is 0 Å². The lowest BCUT2D eigenvalue weighted by Crippen LogP contribution is -2.25. The topological polar surface area (TPSA) is 80.3 Å². The zero-order chi connectivity index (χ0) is 17.5. The van der Waals surface area contributed by atoms with E-state index in [1.54, 1.807) is 43.3 Å². The zero-order valence-electron chi connectivity index (χ0n) is 13.1. The molecule has 0 aliphatic heterocycles. The predicted molar refractivity (Wildman–Crippen MR) is 87.6 cm³/mol. The number of hydrogen-bond acceptors (Lipinski definition) is 5. The van der Waals surface area contributed by atoms with Crippen molar-refractivity contribution in [3.8, 4) is 6.07 Å². The van der Waals surface area contributed by atoms with E-state index in [-0.39, 0.29) is 24.6 Å². The summed E-state index contributed by atoms with van der Waals surface area (Å²) in [5, 5.41) is 9.97. The quantitative estimate of drug-likeness (QED) is 0.559. The molecule has 24 heavy (non-hydrogen) atoms. The number of carbonyl (C=O) groups excluding carboxylic acids is 2. The van der Waals surface area contributed by atoms with E-state index < -0.39 is 17.8 Å². The smallest absolute Gasteiger partial charge is 0.323 e. The van der Waals surface area contributed by atoms with Crippen molar-refractivity contribution in [2.45, 2.75) is 19.3 Å². The third kappa shape index (κ3) is 4.24. The van der Waals surface area contributed by atoms with E-state index in [0.717, 1.165) is 0 Å². The van der Waals surface area contributed by atoms with Crippen LogP contribution in [0.15, 0.2) is 47.1 Å². The number of rotatable bonds is 7. The first kappa shape index (κ1) is 17.8. The Balaban J connectivity index is 2.33. The highest BCUT2D eigenvalue weighted by Gasteiger charge is 2.33. The summed E-state index contributed by atoms with van der Waals surface area (Å²) in [6.45, 7) is 1.83. The molecule has 0 spiro atoms. The van der Waals surface area contributed by atoms with Gasteiger partial charge in [-0.3, -0.25) is 9.59 Å². The average Bonchev–Trinajstić information content (AvgIpc) is 3.10. The summed E-state index contributed by atoms with van der Waals surface area (Å²) in [7, 11) is 0. The monoisotopic (exact) mass is 345 g/mol.